The van der Waals surface area contributed by atoms with Crippen molar-refractivity contribution >= 4 is 28.3 Å². The summed E-state index contributed by atoms with van der Waals surface area (Å²) >= 11 is 1.65. The zero-order chi connectivity index (χ0) is 40.4. The number of aromatic nitrogens is 5. The molecule has 0 aliphatic carbocycles. The van der Waals surface area contributed by atoms with Crippen LogP contribution >= 0.6 is 11.3 Å². The van der Waals surface area contributed by atoms with Gasteiger partial charge >= 0.3 is 0 Å². The van der Waals surface area contributed by atoms with Gasteiger partial charge in [-0.25, -0.2) is 15.0 Å². The number of rotatable bonds is 12. The number of methoxy groups -OCH3 is 4. The average Bonchev–Trinajstić information content (AvgIpc) is 3.92. The fraction of sp³-hybridized carbons (Fsp3) is 0.372. The van der Waals surface area contributed by atoms with Gasteiger partial charge in [-0.3, -0.25) is 19.1 Å². The third-order valence-corrected chi connectivity index (χ3v) is 12.5. The van der Waals surface area contributed by atoms with Crippen molar-refractivity contribution in [3.05, 3.63) is 106 Å². The molecule has 0 saturated carbocycles. The van der Waals surface area contributed by atoms with Crippen LogP contribution in [0.5, 0.6) is 23.1 Å². The summed E-state index contributed by atoms with van der Waals surface area (Å²) in [6, 6.07) is 19.4. The molecule has 0 spiro atoms. The van der Waals surface area contributed by atoms with Crippen LogP contribution in [0.25, 0.3) is 27.3 Å². The summed E-state index contributed by atoms with van der Waals surface area (Å²) in [7, 11) is 6.24. The van der Waals surface area contributed by atoms with Crippen molar-refractivity contribution in [2.45, 2.75) is 43.9 Å². The lowest BCUT2D eigenvalue weighted by Crippen LogP contribution is -2.53. The maximum absolute atomic E-state index is 14.3. The zero-order valence-electron chi connectivity index (χ0n) is 33.0. The minimum absolute atomic E-state index is 0.0187. The highest BCUT2D eigenvalue weighted by Gasteiger charge is 2.41. The third-order valence-electron chi connectivity index (χ3n) is 11.4. The number of fused-ring (bicyclic) bond motifs is 1. The number of piperidine rings is 2. The van der Waals surface area contributed by atoms with Gasteiger partial charge in [-0.2, -0.15) is 0 Å². The molecule has 15 heteroatoms. The van der Waals surface area contributed by atoms with Gasteiger partial charge in [0.2, 0.25) is 17.5 Å². The van der Waals surface area contributed by atoms with E-state index >= 15 is 0 Å². The molecule has 58 heavy (non-hydrogen) atoms. The number of carbonyl (C=O) groups is 1. The molecule has 2 aliphatic heterocycles. The lowest BCUT2D eigenvalue weighted by molar-refractivity contribution is -0.142. The quantitative estimate of drug-likeness (QED) is 0.170. The Kier molecular flexibility index (Phi) is 11.2. The summed E-state index contributed by atoms with van der Waals surface area (Å²) in [5.74, 6) is 1.94. The average molecular weight is 806 g/mol. The minimum atomic E-state index is -1.17. The number of pyridine rings is 1. The van der Waals surface area contributed by atoms with Gasteiger partial charge in [0, 0.05) is 85.2 Å². The van der Waals surface area contributed by atoms with Crippen LogP contribution in [0.2, 0.25) is 0 Å². The topological polar surface area (TPSA) is 146 Å². The van der Waals surface area contributed by atoms with Gasteiger partial charge in [-0.15, -0.1) is 11.3 Å². The number of nitrogens with zero attached hydrogens (tertiary/aromatic N) is 7. The van der Waals surface area contributed by atoms with Crippen molar-refractivity contribution in [2.75, 3.05) is 54.6 Å². The van der Waals surface area contributed by atoms with E-state index in [0.29, 0.717) is 65.8 Å². The summed E-state index contributed by atoms with van der Waals surface area (Å²) in [6.07, 6.45) is 8.39. The second kappa shape index (κ2) is 16.6. The molecule has 2 atom stereocenters. The first kappa shape index (κ1) is 39.1. The summed E-state index contributed by atoms with van der Waals surface area (Å²) in [5, 5.41) is 13.1. The second-order valence-electron chi connectivity index (χ2n) is 14.9. The Hall–Kier alpha value is -5.77. The van der Waals surface area contributed by atoms with Crippen LogP contribution in [0.15, 0.2) is 90.4 Å². The van der Waals surface area contributed by atoms with Crippen molar-refractivity contribution in [3.8, 4) is 39.4 Å². The molecule has 2 aliphatic rings. The monoisotopic (exact) mass is 805 g/mol. The number of aliphatic hydroxyl groups is 1. The largest absolute Gasteiger partial charge is 0.493 e. The van der Waals surface area contributed by atoms with Crippen LogP contribution < -0.4 is 24.5 Å². The van der Waals surface area contributed by atoms with Crippen LogP contribution in [-0.4, -0.2) is 105 Å². The van der Waals surface area contributed by atoms with E-state index < -0.39 is 5.60 Å². The molecule has 14 nitrogen and oxygen atoms in total. The fourth-order valence-electron chi connectivity index (χ4n) is 8.29. The molecule has 0 bridgehead atoms. The SMILES string of the molecule is COc1ccc(-c2ncc(CN3CC[C@@H](C(=O)N4CCC(O)(Cn5cnc6c(ccn6-c6cc(OC)c(OC)c(OC)c6)c5=O)CC4)[C@H](c4ccccc4)C3)s2)cn1. The van der Waals surface area contributed by atoms with Gasteiger partial charge in [0.15, 0.2) is 17.1 Å². The summed E-state index contributed by atoms with van der Waals surface area (Å²) < 4.78 is 25.0. The van der Waals surface area contributed by atoms with E-state index in [1.165, 1.54) is 10.9 Å². The molecule has 0 radical (unpaired) electrons. The normalized spacial score (nSPS) is 18.3. The molecule has 2 aromatic carbocycles. The number of amides is 1. The predicted octanol–water partition coefficient (Wildman–Crippen LogP) is 5.40. The standard InChI is InChI=1S/C43H47N7O7S/c1-54-35-20-30(21-36(55-2)38(35)57-4)50-17-13-33-39(50)46-27-49(42(33)52)26-43(53)14-18-48(19-15-43)41(51)32-12-16-47(25-34(32)28-8-6-5-7-9-28)24-31-23-45-40(58-31)29-10-11-37(56-3)44-22-29/h5-11,13,17,20-23,27,32,34,53H,12,14-16,18-19,24-26H2,1-4H3/t32-,34+/m1/s1. The van der Waals surface area contributed by atoms with E-state index in [1.807, 2.05) is 41.4 Å². The third kappa shape index (κ3) is 7.76. The minimum Gasteiger partial charge on any atom is -0.493 e. The van der Waals surface area contributed by atoms with Crippen LogP contribution in [-0.2, 0) is 17.9 Å². The van der Waals surface area contributed by atoms with Gasteiger partial charge in [0.1, 0.15) is 11.3 Å². The van der Waals surface area contributed by atoms with E-state index in [1.54, 1.807) is 74.9 Å². The molecule has 1 amide bonds. The Morgan fingerprint density at radius 3 is 2.33 bits per heavy atom. The highest BCUT2D eigenvalue weighted by atomic mass is 32.1. The van der Waals surface area contributed by atoms with E-state index in [-0.39, 0.29) is 29.8 Å². The number of ether oxygens (including phenoxy) is 4. The summed E-state index contributed by atoms with van der Waals surface area (Å²) in [5.41, 5.74) is 1.81. The predicted molar refractivity (Wildman–Crippen MR) is 220 cm³/mol. The number of benzene rings is 2. The molecule has 6 aromatic rings. The first-order valence-electron chi connectivity index (χ1n) is 19.3. The van der Waals surface area contributed by atoms with E-state index in [0.717, 1.165) is 47.1 Å². The highest BCUT2D eigenvalue weighted by Crippen LogP contribution is 2.40. The Morgan fingerprint density at radius 2 is 1.66 bits per heavy atom. The summed E-state index contributed by atoms with van der Waals surface area (Å²) in [4.78, 5) is 47.2. The number of hydrogen-bond donors (Lipinski definition) is 1. The van der Waals surface area contributed by atoms with Crippen LogP contribution in [0.3, 0.4) is 0 Å². The van der Waals surface area contributed by atoms with Crippen LogP contribution in [0, 0.1) is 5.92 Å². The van der Waals surface area contributed by atoms with Gasteiger partial charge < -0.3 is 33.5 Å². The van der Waals surface area contributed by atoms with Crippen molar-refractivity contribution in [1.29, 1.82) is 0 Å². The lowest BCUT2D eigenvalue weighted by atomic mass is 9.79. The maximum atomic E-state index is 14.3. The highest BCUT2D eigenvalue weighted by molar-refractivity contribution is 7.15. The van der Waals surface area contributed by atoms with E-state index in [2.05, 4.69) is 32.0 Å². The molecule has 1 N–H and O–H groups in total. The Labute approximate surface area is 340 Å². The molecule has 2 fully saturated rings. The van der Waals surface area contributed by atoms with Gasteiger partial charge in [-0.05, 0) is 43.5 Å². The van der Waals surface area contributed by atoms with E-state index in [4.69, 9.17) is 18.9 Å². The molecule has 6 heterocycles. The molecular weight excluding hydrogens is 759 g/mol. The van der Waals surface area contributed by atoms with Crippen LogP contribution in [0.1, 0.15) is 35.6 Å². The first-order chi connectivity index (χ1) is 28.2. The number of likely N-dealkylation sites (tertiary alicyclic amines) is 2. The molecule has 302 valence electrons. The molecule has 0 unspecified atom stereocenters. The molecule has 8 rings (SSSR count). The molecular formula is C43H47N7O7S. The van der Waals surface area contributed by atoms with Crippen molar-refractivity contribution in [2.24, 2.45) is 5.92 Å². The Morgan fingerprint density at radius 1 is 0.897 bits per heavy atom. The first-order valence-corrected chi connectivity index (χ1v) is 20.1. The molecule has 2 saturated heterocycles. The van der Waals surface area contributed by atoms with Crippen molar-refractivity contribution in [1.82, 2.24) is 33.9 Å². The Bertz CT molecular complexity index is 2420. The van der Waals surface area contributed by atoms with Gasteiger partial charge in [0.25, 0.3) is 5.56 Å². The van der Waals surface area contributed by atoms with Gasteiger partial charge in [0.05, 0.1) is 51.7 Å². The van der Waals surface area contributed by atoms with Gasteiger partial charge in [-0.1, -0.05) is 30.3 Å². The summed E-state index contributed by atoms with van der Waals surface area (Å²) in [6.45, 7) is 3.17. The molecule has 4 aromatic heterocycles. The number of carbonyl (C=O) groups excluding carboxylic acids is 1. The van der Waals surface area contributed by atoms with Crippen molar-refractivity contribution < 1.29 is 28.8 Å². The maximum Gasteiger partial charge on any atom is 0.262 e. The van der Waals surface area contributed by atoms with Crippen molar-refractivity contribution in [3.63, 3.8) is 0 Å². The van der Waals surface area contributed by atoms with Crippen LogP contribution in [0.4, 0.5) is 0 Å². The Balaban J connectivity index is 0.930. The number of thiazole rings is 1. The smallest absolute Gasteiger partial charge is 0.262 e. The second-order valence-corrected chi connectivity index (χ2v) is 16.0. The zero-order valence-corrected chi connectivity index (χ0v) is 33.9. The fourth-order valence-corrected chi connectivity index (χ4v) is 9.24. The lowest BCUT2D eigenvalue weighted by Gasteiger charge is -2.43. The number of hydrogen-bond acceptors (Lipinski definition) is 12. The van der Waals surface area contributed by atoms with E-state index in [9.17, 15) is 14.7 Å².